The van der Waals surface area contributed by atoms with Gasteiger partial charge < -0.3 is 14.7 Å². The summed E-state index contributed by atoms with van der Waals surface area (Å²) in [4.78, 5) is 11.4. The van der Waals surface area contributed by atoms with Crippen molar-refractivity contribution in [3.8, 4) is 0 Å². The summed E-state index contributed by atoms with van der Waals surface area (Å²) in [6, 6.07) is 34.7. The second-order valence-electron chi connectivity index (χ2n) is 9.20. The molecule has 0 unspecified atom stereocenters. The predicted molar refractivity (Wildman–Crippen MR) is 153 cm³/mol. The lowest BCUT2D eigenvalue weighted by Crippen LogP contribution is -2.49. The molecule has 35 heavy (non-hydrogen) atoms. The molecule has 0 spiro atoms. The average Bonchev–Trinajstić information content (AvgIpc) is 2.88. The van der Waals surface area contributed by atoms with Crippen molar-refractivity contribution in [1.82, 2.24) is 0 Å². The van der Waals surface area contributed by atoms with Crippen LogP contribution >= 0.6 is 15.9 Å². The van der Waals surface area contributed by atoms with Crippen LogP contribution in [0.2, 0.25) is 0 Å². The first-order chi connectivity index (χ1) is 16.9. The maximum absolute atomic E-state index is 4.88. The molecule has 4 aromatic rings. The van der Waals surface area contributed by atoms with Gasteiger partial charge in [0.05, 0.1) is 12.0 Å². The zero-order valence-corrected chi connectivity index (χ0v) is 22.1. The standard InChI is InChI=1S/C30H29BrN4/c1-33(2)25-15-9-22(10-16-25)30(23-11-17-26(18-12-23)34(3)4)28-7-5-6-8-29(28)32-21-35(30)27-19-13-24(31)14-20-27/h5-21H,1-4H3. The molecule has 4 nitrogen and oxygen atoms in total. The van der Waals surface area contributed by atoms with Gasteiger partial charge in [0, 0.05) is 55.3 Å². The SMILES string of the molecule is CN(C)c1ccc(C2(c3ccc(N(C)C)cc3)c3ccccc3N=CN2c2ccc(Br)cc2)cc1. The largest absolute Gasteiger partial charge is 0.378 e. The number of para-hydroxylation sites is 1. The second-order valence-corrected chi connectivity index (χ2v) is 10.1. The molecule has 4 aromatic carbocycles. The number of aliphatic imine (C=N–C) groups is 1. The molecule has 1 aliphatic heterocycles. The topological polar surface area (TPSA) is 22.1 Å². The summed E-state index contributed by atoms with van der Waals surface area (Å²) in [5, 5.41) is 0. The first-order valence-electron chi connectivity index (χ1n) is 11.7. The fourth-order valence-corrected chi connectivity index (χ4v) is 5.11. The minimum absolute atomic E-state index is 0.595. The molecule has 0 aromatic heterocycles. The molecule has 0 fully saturated rings. The molecule has 0 N–H and O–H groups in total. The molecule has 0 saturated carbocycles. The van der Waals surface area contributed by atoms with Crippen LogP contribution in [0, 0.1) is 0 Å². The van der Waals surface area contributed by atoms with Gasteiger partial charge in [-0.25, -0.2) is 4.99 Å². The van der Waals surface area contributed by atoms with Gasteiger partial charge in [0.1, 0.15) is 5.54 Å². The normalized spacial score (nSPS) is 13.9. The summed E-state index contributed by atoms with van der Waals surface area (Å²) in [6.07, 6.45) is 1.98. The van der Waals surface area contributed by atoms with Crippen molar-refractivity contribution < 1.29 is 0 Å². The summed E-state index contributed by atoms with van der Waals surface area (Å²) in [5.41, 5.74) is 7.31. The number of rotatable bonds is 5. The van der Waals surface area contributed by atoms with Crippen LogP contribution < -0.4 is 14.7 Å². The minimum atomic E-state index is -0.595. The Morgan fingerprint density at radius 3 is 1.69 bits per heavy atom. The van der Waals surface area contributed by atoms with Crippen molar-refractivity contribution in [2.45, 2.75) is 5.54 Å². The molecular formula is C30H29BrN4. The average molecular weight is 525 g/mol. The third-order valence-electron chi connectivity index (χ3n) is 6.68. The lowest BCUT2D eigenvalue weighted by atomic mass is 9.74. The third kappa shape index (κ3) is 4.00. The molecular weight excluding hydrogens is 496 g/mol. The molecule has 0 radical (unpaired) electrons. The summed E-state index contributed by atoms with van der Waals surface area (Å²) >= 11 is 3.60. The van der Waals surface area contributed by atoms with E-state index < -0.39 is 5.54 Å². The van der Waals surface area contributed by atoms with Gasteiger partial charge in [-0.2, -0.15) is 0 Å². The molecule has 0 aliphatic carbocycles. The third-order valence-corrected chi connectivity index (χ3v) is 7.20. The van der Waals surface area contributed by atoms with E-state index in [9.17, 15) is 0 Å². The highest BCUT2D eigenvalue weighted by Crippen LogP contribution is 2.49. The Morgan fingerprint density at radius 1 is 0.657 bits per heavy atom. The van der Waals surface area contributed by atoms with Gasteiger partial charge in [-0.15, -0.1) is 0 Å². The van der Waals surface area contributed by atoms with Gasteiger partial charge in [0.25, 0.3) is 0 Å². The maximum atomic E-state index is 4.88. The zero-order chi connectivity index (χ0) is 24.6. The number of hydrogen-bond donors (Lipinski definition) is 0. The van der Waals surface area contributed by atoms with Crippen molar-refractivity contribution in [2.75, 3.05) is 42.9 Å². The van der Waals surface area contributed by atoms with Crippen LogP contribution in [0.4, 0.5) is 22.7 Å². The van der Waals surface area contributed by atoms with Crippen LogP contribution in [0.5, 0.6) is 0 Å². The number of hydrogen-bond acceptors (Lipinski definition) is 4. The molecule has 0 amide bonds. The molecule has 1 heterocycles. The number of fused-ring (bicyclic) bond motifs is 1. The summed E-state index contributed by atoms with van der Waals surface area (Å²) < 4.78 is 1.05. The van der Waals surface area contributed by atoms with E-state index in [1.165, 1.54) is 22.5 Å². The van der Waals surface area contributed by atoms with Crippen LogP contribution in [0.15, 0.2) is 107 Å². The van der Waals surface area contributed by atoms with Crippen molar-refractivity contribution >= 4 is 45.0 Å². The predicted octanol–water partition coefficient (Wildman–Crippen LogP) is 7.05. The number of halogens is 1. The van der Waals surface area contributed by atoms with Crippen LogP contribution in [-0.4, -0.2) is 34.5 Å². The van der Waals surface area contributed by atoms with E-state index in [4.69, 9.17) is 4.99 Å². The van der Waals surface area contributed by atoms with Gasteiger partial charge in [0.2, 0.25) is 0 Å². The highest BCUT2D eigenvalue weighted by Gasteiger charge is 2.45. The van der Waals surface area contributed by atoms with E-state index in [0.717, 1.165) is 21.4 Å². The van der Waals surface area contributed by atoms with E-state index in [2.05, 4.69) is 156 Å². The summed E-state index contributed by atoms with van der Waals surface area (Å²) in [6.45, 7) is 0. The highest BCUT2D eigenvalue weighted by atomic mass is 79.9. The van der Waals surface area contributed by atoms with Crippen LogP contribution in [0.1, 0.15) is 16.7 Å². The second kappa shape index (κ2) is 9.23. The van der Waals surface area contributed by atoms with Crippen molar-refractivity contribution in [2.24, 2.45) is 4.99 Å². The lowest BCUT2D eigenvalue weighted by Gasteiger charge is -2.47. The Hall–Kier alpha value is -3.57. The van der Waals surface area contributed by atoms with E-state index >= 15 is 0 Å². The van der Waals surface area contributed by atoms with Crippen LogP contribution in [0.3, 0.4) is 0 Å². The van der Waals surface area contributed by atoms with E-state index in [1.54, 1.807) is 0 Å². The smallest absolute Gasteiger partial charge is 0.124 e. The minimum Gasteiger partial charge on any atom is -0.378 e. The van der Waals surface area contributed by atoms with Gasteiger partial charge in [0.15, 0.2) is 0 Å². The quantitative estimate of drug-likeness (QED) is 0.279. The van der Waals surface area contributed by atoms with Crippen LogP contribution in [0.25, 0.3) is 0 Å². The van der Waals surface area contributed by atoms with E-state index in [-0.39, 0.29) is 0 Å². The van der Waals surface area contributed by atoms with Gasteiger partial charge in [-0.1, -0.05) is 58.4 Å². The first-order valence-corrected chi connectivity index (χ1v) is 12.4. The molecule has 0 bridgehead atoms. The van der Waals surface area contributed by atoms with E-state index in [1.807, 2.05) is 6.34 Å². The van der Waals surface area contributed by atoms with Crippen molar-refractivity contribution in [1.29, 1.82) is 0 Å². The van der Waals surface area contributed by atoms with Gasteiger partial charge >= 0.3 is 0 Å². The zero-order valence-electron chi connectivity index (χ0n) is 20.5. The number of anilines is 3. The fourth-order valence-electron chi connectivity index (χ4n) is 4.85. The Labute approximate surface area is 216 Å². The Balaban J connectivity index is 1.84. The maximum Gasteiger partial charge on any atom is 0.124 e. The number of benzene rings is 4. The summed E-state index contributed by atoms with van der Waals surface area (Å²) in [7, 11) is 8.28. The fraction of sp³-hybridized carbons (Fsp3) is 0.167. The molecule has 5 heteroatoms. The lowest BCUT2D eigenvalue weighted by molar-refractivity contribution is 0.639. The Morgan fingerprint density at radius 2 is 1.17 bits per heavy atom. The Bertz CT molecular complexity index is 1290. The molecule has 5 rings (SSSR count). The molecule has 0 saturated heterocycles. The van der Waals surface area contributed by atoms with Crippen molar-refractivity contribution in [3.05, 3.63) is 118 Å². The first kappa shape index (κ1) is 23.2. The van der Waals surface area contributed by atoms with Gasteiger partial charge in [-0.05, 0) is 65.7 Å². The van der Waals surface area contributed by atoms with E-state index in [0.29, 0.717) is 0 Å². The van der Waals surface area contributed by atoms with Gasteiger partial charge in [-0.3, -0.25) is 0 Å². The monoisotopic (exact) mass is 524 g/mol. The van der Waals surface area contributed by atoms with Crippen LogP contribution in [-0.2, 0) is 5.54 Å². The number of nitrogens with zero attached hydrogens (tertiary/aromatic N) is 4. The molecule has 0 atom stereocenters. The molecule has 1 aliphatic rings. The highest BCUT2D eigenvalue weighted by molar-refractivity contribution is 9.10. The molecule has 176 valence electrons. The summed E-state index contributed by atoms with van der Waals surface area (Å²) in [5.74, 6) is 0. The van der Waals surface area contributed by atoms with Crippen molar-refractivity contribution in [3.63, 3.8) is 0 Å². The Kier molecular flexibility index (Phi) is 6.12.